The third kappa shape index (κ3) is 3.10. The number of alkyl halides is 1. The van der Waals surface area contributed by atoms with Crippen LogP contribution in [0.3, 0.4) is 0 Å². The van der Waals surface area contributed by atoms with Gasteiger partial charge in [-0.1, -0.05) is 24.3 Å². The molecule has 9 heteroatoms. The van der Waals surface area contributed by atoms with Crippen LogP contribution in [0.2, 0.25) is 0 Å². The lowest BCUT2D eigenvalue weighted by molar-refractivity contribution is -0.143. The largest absolute Gasteiger partial charge is 0.479 e. The van der Waals surface area contributed by atoms with Crippen LogP contribution in [-0.4, -0.2) is 37.3 Å². The van der Waals surface area contributed by atoms with E-state index < -0.39 is 18.0 Å². The minimum absolute atomic E-state index is 0.0382. The zero-order valence-corrected chi connectivity index (χ0v) is 13.5. The number of benzene rings is 1. The summed E-state index contributed by atoms with van der Waals surface area (Å²) in [6.07, 6.45) is 2.37. The molecule has 2 N–H and O–H groups in total. The van der Waals surface area contributed by atoms with Crippen LogP contribution < -0.4 is 5.32 Å². The van der Waals surface area contributed by atoms with Gasteiger partial charge in [0.25, 0.3) is 18.0 Å². The maximum atomic E-state index is 13.4. The third-order valence-electron chi connectivity index (χ3n) is 4.16. The lowest BCUT2D eigenvalue weighted by Gasteiger charge is -2.11. The van der Waals surface area contributed by atoms with Crippen LogP contribution in [-0.2, 0) is 17.6 Å². The van der Waals surface area contributed by atoms with Gasteiger partial charge in [0.1, 0.15) is 0 Å². The molecule has 4 rings (SSSR count). The Labute approximate surface area is 147 Å². The first-order valence-corrected chi connectivity index (χ1v) is 7.96. The minimum Gasteiger partial charge on any atom is -0.479 e. The van der Waals surface area contributed by atoms with E-state index >= 15 is 0 Å². The molecule has 0 spiro atoms. The summed E-state index contributed by atoms with van der Waals surface area (Å²) < 4.78 is 18.4. The highest BCUT2D eigenvalue weighted by atomic mass is 19.1. The van der Waals surface area contributed by atoms with Crippen molar-refractivity contribution < 1.29 is 18.7 Å². The number of hydrogen-bond acceptors (Lipinski definition) is 7. The molecule has 26 heavy (non-hydrogen) atoms. The van der Waals surface area contributed by atoms with Gasteiger partial charge in [-0.25, -0.2) is 19.2 Å². The zero-order chi connectivity index (χ0) is 18.1. The summed E-state index contributed by atoms with van der Waals surface area (Å²) in [7, 11) is 0. The average Bonchev–Trinajstić information content (AvgIpc) is 3.28. The van der Waals surface area contributed by atoms with Crippen LogP contribution in [0.25, 0.3) is 11.5 Å². The minimum atomic E-state index is -2.36. The van der Waals surface area contributed by atoms with Crippen molar-refractivity contribution in [2.75, 3.05) is 5.32 Å². The predicted octanol–water partition coefficient (Wildman–Crippen LogP) is 2.20. The molecule has 1 unspecified atom stereocenters. The summed E-state index contributed by atoms with van der Waals surface area (Å²) in [6.45, 7) is 0. The van der Waals surface area contributed by atoms with Crippen LogP contribution in [0.15, 0.2) is 41.1 Å². The van der Waals surface area contributed by atoms with Gasteiger partial charge < -0.3 is 14.8 Å². The molecule has 2 aromatic heterocycles. The van der Waals surface area contributed by atoms with Crippen molar-refractivity contribution in [1.82, 2.24) is 20.2 Å². The van der Waals surface area contributed by atoms with E-state index in [1.165, 1.54) is 23.5 Å². The van der Waals surface area contributed by atoms with Crippen molar-refractivity contribution in [3.8, 4) is 11.5 Å². The molecule has 1 aliphatic carbocycles. The smallest absolute Gasteiger partial charge is 0.348 e. The van der Waals surface area contributed by atoms with Crippen LogP contribution in [0.5, 0.6) is 0 Å². The maximum Gasteiger partial charge on any atom is 0.348 e. The summed E-state index contributed by atoms with van der Waals surface area (Å²) in [5.74, 6) is -1.88. The Kier molecular flexibility index (Phi) is 4.04. The lowest BCUT2D eigenvalue weighted by atomic mass is 10.1. The summed E-state index contributed by atoms with van der Waals surface area (Å²) in [5, 5.41) is 18.9. The first kappa shape index (κ1) is 16.1. The van der Waals surface area contributed by atoms with E-state index in [9.17, 15) is 9.18 Å². The van der Waals surface area contributed by atoms with Crippen LogP contribution in [0, 0.1) is 0 Å². The molecule has 1 atom stereocenters. The van der Waals surface area contributed by atoms with Crippen molar-refractivity contribution in [3.63, 3.8) is 0 Å². The fraction of sp³-hybridized carbons (Fsp3) is 0.235. The molecule has 0 fully saturated rings. The van der Waals surface area contributed by atoms with E-state index in [4.69, 9.17) is 9.52 Å². The Hall–Kier alpha value is -3.36. The number of carbonyl (C=O) groups is 1. The number of aromatic nitrogens is 4. The quantitative estimate of drug-likeness (QED) is 0.716. The van der Waals surface area contributed by atoms with E-state index in [1.807, 2.05) is 12.1 Å². The van der Waals surface area contributed by atoms with Gasteiger partial charge in [0.2, 0.25) is 5.95 Å². The van der Waals surface area contributed by atoms with Crippen LogP contribution in [0.4, 0.5) is 10.3 Å². The number of carboxylic acids is 1. The Morgan fingerprint density at radius 2 is 1.85 bits per heavy atom. The van der Waals surface area contributed by atoms with Crippen molar-refractivity contribution >= 4 is 11.9 Å². The second kappa shape index (κ2) is 6.51. The zero-order valence-electron chi connectivity index (χ0n) is 13.5. The number of halogens is 1. The standard InChI is InChI=1S/C17H14FN5O3/c18-13(16(24)25)15-23-22-14(26-15)11-7-19-17(20-8-11)21-12-5-9-3-1-2-4-10(9)6-12/h1-4,7-8,12-13H,5-6H2,(H,24,25)(H,19,20,21). The molecule has 0 radical (unpaired) electrons. The Bertz CT molecular complexity index is 919. The van der Waals surface area contributed by atoms with E-state index in [0.29, 0.717) is 11.5 Å². The highest BCUT2D eigenvalue weighted by Gasteiger charge is 2.26. The number of carboxylic acid groups (broad SMARTS) is 1. The molecule has 132 valence electrons. The average molecular weight is 355 g/mol. The Morgan fingerprint density at radius 3 is 2.46 bits per heavy atom. The molecule has 3 aromatic rings. The number of hydrogen-bond donors (Lipinski definition) is 2. The molecule has 8 nitrogen and oxygen atoms in total. The van der Waals surface area contributed by atoms with E-state index in [2.05, 4.69) is 37.6 Å². The molecule has 0 aliphatic heterocycles. The highest BCUT2D eigenvalue weighted by molar-refractivity contribution is 5.72. The predicted molar refractivity (Wildman–Crippen MR) is 88.1 cm³/mol. The second-order valence-corrected chi connectivity index (χ2v) is 5.96. The van der Waals surface area contributed by atoms with Gasteiger partial charge in [-0.05, 0) is 24.0 Å². The molecule has 1 aliphatic rings. The summed E-state index contributed by atoms with van der Waals surface area (Å²) in [5.41, 5.74) is 3.01. The second-order valence-electron chi connectivity index (χ2n) is 5.96. The monoisotopic (exact) mass is 355 g/mol. The molecule has 0 amide bonds. The molecule has 0 saturated carbocycles. The maximum absolute atomic E-state index is 13.4. The topological polar surface area (TPSA) is 114 Å². The van der Waals surface area contributed by atoms with Gasteiger partial charge in [-0.2, -0.15) is 0 Å². The van der Waals surface area contributed by atoms with Gasteiger partial charge in [-0.15, -0.1) is 10.2 Å². The number of anilines is 1. The van der Waals surface area contributed by atoms with Crippen LogP contribution in [0.1, 0.15) is 23.2 Å². The van der Waals surface area contributed by atoms with E-state index in [1.54, 1.807) is 0 Å². The molecular formula is C17H14FN5O3. The van der Waals surface area contributed by atoms with Gasteiger partial charge in [0, 0.05) is 18.4 Å². The fourth-order valence-electron chi connectivity index (χ4n) is 2.92. The molecule has 0 bridgehead atoms. The molecule has 1 aromatic carbocycles. The first-order valence-electron chi connectivity index (χ1n) is 7.96. The van der Waals surface area contributed by atoms with E-state index in [-0.39, 0.29) is 11.9 Å². The van der Waals surface area contributed by atoms with Gasteiger partial charge in [0.05, 0.1) is 5.56 Å². The van der Waals surface area contributed by atoms with Gasteiger partial charge >= 0.3 is 5.97 Å². The lowest BCUT2D eigenvalue weighted by Crippen LogP contribution is -2.20. The number of fused-ring (bicyclic) bond motifs is 1. The summed E-state index contributed by atoms with van der Waals surface area (Å²) >= 11 is 0. The third-order valence-corrected chi connectivity index (χ3v) is 4.16. The highest BCUT2D eigenvalue weighted by Crippen LogP contribution is 2.25. The van der Waals surface area contributed by atoms with Crippen molar-refractivity contribution in [1.29, 1.82) is 0 Å². The Morgan fingerprint density at radius 1 is 1.19 bits per heavy atom. The number of rotatable bonds is 5. The number of nitrogens with one attached hydrogen (secondary N) is 1. The van der Waals surface area contributed by atoms with Crippen molar-refractivity contribution in [3.05, 3.63) is 53.7 Å². The van der Waals surface area contributed by atoms with Crippen molar-refractivity contribution in [2.24, 2.45) is 0 Å². The van der Waals surface area contributed by atoms with Crippen molar-refractivity contribution in [2.45, 2.75) is 25.1 Å². The Balaban J connectivity index is 1.44. The molecule has 0 saturated heterocycles. The molecular weight excluding hydrogens is 341 g/mol. The number of aliphatic carboxylic acids is 1. The van der Waals surface area contributed by atoms with E-state index in [0.717, 1.165) is 12.8 Å². The summed E-state index contributed by atoms with van der Waals surface area (Å²) in [6, 6.07) is 8.50. The molecule has 2 heterocycles. The van der Waals surface area contributed by atoms with Gasteiger partial charge in [-0.3, -0.25) is 0 Å². The van der Waals surface area contributed by atoms with Gasteiger partial charge in [0.15, 0.2) is 0 Å². The normalized spacial score (nSPS) is 14.8. The van der Waals surface area contributed by atoms with Crippen LogP contribution >= 0.6 is 0 Å². The number of nitrogens with zero attached hydrogens (tertiary/aromatic N) is 4. The SMILES string of the molecule is O=C(O)C(F)c1nnc(-c2cnc(NC3Cc4ccccc4C3)nc2)o1. The summed E-state index contributed by atoms with van der Waals surface area (Å²) in [4.78, 5) is 19.0. The first-order chi connectivity index (χ1) is 12.6. The fourth-order valence-corrected chi connectivity index (χ4v) is 2.92.